The largest absolute Gasteiger partial charge is 0.268 e. The van der Waals surface area contributed by atoms with Crippen molar-refractivity contribution in [2.24, 2.45) is 4.99 Å². The van der Waals surface area contributed by atoms with Crippen molar-refractivity contribution in [1.82, 2.24) is 14.3 Å². The molecule has 0 spiro atoms. The average Bonchev–Trinajstić information content (AvgIpc) is 2.96. The molecule has 0 fully saturated rings. The molecule has 2 aromatic heterocycles. The van der Waals surface area contributed by atoms with Crippen LogP contribution in [0.15, 0.2) is 59.9 Å². The zero-order valence-corrected chi connectivity index (χ0v) is 14.3. The van der Waals surface area contributed by atoms with Gasteiger partial charge in [-0.2, -0.15) is 5.10 Å². The number of nitrogens with zero attached hydrogens (tertiary/aromatic N) is 4. The second-order valence-electron chi connectivity index (χ2n) is 5.96. The average molecular weight is 338 g/mol. The van der Waals surface area contributed by atoms with Crippen LogP contribution in [0.2, 0.25) is 0 Å². The van der Waals surface area contributed by atoms with Gasteiger partial charge in [-0.25, -0.2) is 9.07 Å². The zero-order valence-electron chi connectivity index (χ0n) is 14.3. The number of benzene rings is 1. The van der Waals surface area contributed by atoms with Gasteiger partial charge in [0, 0.05) is 12.2 Å². The maximum Gasteiger partial charge on any atom is 0.267 e. The molecule has 0 N–H and O–H groups in total. The van der Waals surface area contributed by atoms with Crippen molar-refractivity contribution in [3.05, 3.63) is 77.4 Å². The number of rotatable bonds is 3. The summed E-state index contributed by atoms with van der Waals surface area (Å²) in [7, 11) is 0. The molecule has 2 heterocycles. The maximum atomic E-state index is 14.0. The molecule has 6 heteroatoms. The Balaban J connectivity index is 2.08. The van der Waals surface area contributed by atoms with Crippen molar-refractivity contribution in [1.29, 1.82) is 0 Å². The van der Waals surface area contributed by atoms with Gasteiger partial charge >= 0.3 is 0 Å². The summed E-state index contributed by atoms with van der Waals surface area (Å²) in [6.07, 6.45) is 3.13. The van der Waals surface area contributed by atoms with Crippen LogP contribution in [-0.2, 0) is 0 Å². The fraction of sp³-hybridized carbons (Fsp3) is 0.211. The first-order chi connectivity index (χ1) is 12.0. The summed E-state index contributed by atoms with van der Waals surface area (Å²) in [5.41, 5.74) is 1.85. The molecule has 5 nitrogen and oxygen atoms in total. The molecule has 0 saturated heterocycles. The van der Waals surface area contributed by atoms with Gasteiger partial charge in [0.05, 0.1) is 17.5 Å². The van der Waals surface area contributed by atoms with E-state index in [1.165, 1.54) is 21.5 Å². The Morgan fingerprint density at radius 3 is 2.60 bits per heavy atom. The van der Waals surface area contributed by atoms with Gasteiger partial charge in [-0.1, -0.05) is 18.2 Å². The topological polar surface area (TPSA) is 52.2 Å². The van der Waals surface area contributed by atoms with Gasteiger partial charge in [0.15, 0.2) is 0 Å². The number of pyridine rings is 1. The van der Waals surface area contributed by atoms with Gasteiger partial charge in [-0.05, 0) is 45.0 Å². The minimum Gasteiger partial charge on any atom is -0.268 e. The Labute approximate surface area is 145 Å². The fourth-order valence-corrected chi connectivity index (χ4v) is 2.59. The van der Waals surface area contributed by atoms with E-state index in [2.05, 4.69) is 10.1 Å². The van der Waals surface area contributed by atoms with Gasteiger partial charge in [0.1, 0.15) is 17.0 Å². The van der Waals surface area contributed by atoms with E-state index in [9.17, 15) is 9.18 Å². The Morgan fingerprint density at radius 1 is 1.16 bits per heavy atom. The van der Waals surface area contributed by atoms with E-state index in [0.717, 1.165) is 0 Å². The van der Waals surface area contributed by atoms with Crippen molar-refractivity contribution in [3.63, 3.8) is 0 Å². The minimum absolute atomic E-state index is 0.0590. The van der Waals surface area contributed by atoms with E-state index >= 15 is 0 Å². The number of aromatic nitrogens is 3. The summed E-state index contributed by atoms with van der Waals surface area (Å²) in [5, 5.41) is 4.20. The highest BCUT2D eigenvalue weighted by atomic mass is 19.1. The molecule has 25 heavy (non-hydrogen) atoms. The predicted octanol–water partition coefficient (Wildman–Crippen LogP) is 3.12. The monoisotopic (exact) mass is 338 g/mol. The summed E-state index contributed by atoms with van der Waals surface area (Å²) >= 11 is 0. The number of para-hydroxylation sites is 1. The first kappa shape index (κ1) is 16.8. The van der Waals surface area contributed by atoms with Crippen LogP contribution in [0.3, 0.4) is 0 Å². The van der Waals surface area contributed by atoms with Gasteiger partial charge in [0.25, 0.3) is 5.91 Å². The quantitative estimate of drug-likeness (QED) is 0.737. The van der Waals surface area contributed by atoms with Crippen molar-refractivity contribution in [2.75, 3.05) is 0 Å². The van der Waals surface area contributed by atoms with Crippen molar-refractivity contribution in [3.8, 4) is 5.69 Å². The molecule has 0 aliphatic rings. The smallest absolute Gasteiger partial charge is 0.267 e. The van der Waals surface area contributed by atoms with E-state index in [4.69, 9.17) is 0 Å². The molecule has 128 valence electrons. The van der Waals surface area contributed by atoms with Crippen LogP contribution in [0.4, 0.5) is 4.39 Å². The SMILES string of the molecule is Cc1c(C(=O)n2ccccc2=NC(C)C)cnn1-c1ccccc1F. The molecule has 0 unspecified atom stereocenters. The van der Waals surface area contributed by atoms with E-state index in [-0.39, 0.29) is 11.9 Å². The molecule has 0 atom stereocenters. The van der Waals surface area contributed by atoms with Crippen molar-refractivity contribution >= 4 is 5.91 Å². The fourth-order valence-electron chi connectivity index (χ4n) is 2.59. The number of carbonyl (C=O) groups excluding carboxylic acids is 1. The molecule has 0 saturated carbocycles. The normalized spacial score (nSPS) is 12.0. The lowest BCUT2D eigenvalue weighted by molar-refractivity contribution is 0.0954. The third kappa shape index (κ3) is 3.28. The molecule has 0 aliphatic heterocycles. The lowest BCUT2D eigenvalue weighted by atomic mass is 10.2. The molecule has 0 bridgehead atoms. The highest BCUT2D eigenvalue weighted by molar-refractivity contribution is 5.96. The maximum absolute atomic E-state index is 14.0. The van der Waals surface area contributed by atoms with Gasteiger partial charge < -0.3 is 0 Å². The standard InChI is InChI=1S/C19H19FN4O/c1-13(2)22-18-10-6-7-11-23(18)19(25)15-12-21-24(14(15)3)17-9-5-4-8-16(17)20/h4-13H,1-3H3. The Hall–Kier alpha value is -3.02. The number of hydrogen-bond donors (Lipinski definition) is 0. The summed E-state index contributed by atoms with van der Waals surface area (Å²) < 4.78 is 16.9. The summed E-state index contributed by atoms with van der Waals surface area (Å²) in [5.74, 6) is -0.643. The van der Waals surface area contributed by atoms with Crippen LogP contribution in [-0.4, -0.2) is 26.3 Å². The minimum atomic E-state index is -0.393. The van der Waals surface area contributed by atoms with Gasteiger partial charge in [-0.3, -0.25) is 14.4 Å². The third-order valence-electron chi connectivity index (χ3n) is 3.77. The highest BCUT2D eigenvalue weighted by Gasteiger charge is 2.18. The van der Waals surface area contributed by atoms with Gasteiger partial charge in [0.2, 0.25) is 0 Å². The summed E-state index contributed by atoms with van der Waals surface area (Å²) in [6.45, 7) is 5.64. The second kappa shape index (κ2) is 6.84. The molecule has 1 aromatic carbocycles. The number of carbonyl (C=O) groups is 1. The molecule has 3 aromatic rings. The molecule has 0 radical (unpaired) electrons. The van der Waals surface area contributed by atoms with Crippen LogP contribution in [0.1, 0.15) is 29.9 Å². The van der Waals surface area contributed by atoms with Crippen molar-refractivity contribution < 1.29 is 9.18 Å². The highest BCUT2D eigenvalue weighted by Crippen LogP contribution is 2.17. The first-order valence-corrected chi connectivity index (χ1v) is 8.05. The predicted molar refractivity (Wildman–Crippen MR) is 93.1 cm³/mol. The Morgan fingerprint density at radius 2 is 1.88 bits per heavy atom. The summed E-state index contributed by atoms with van der Waals surface area (Å²) in [6, 6.07) is 11.8. The molecule has 0 aliphatic carbocycles. The van der Waals surface area contributed by atoms with E-state index < -0.39 is 5.82 Å². The van der Waals surface area contributed by atoms with E-state index in [0.29, 0.717) is 22.4 Å². The van der Waals surface area contributed by atoms with Gasteiger partial charge in [-0.15, -0.1) is 0 Å². The molecular formula is C19H19FN4O. The molecule has 0 amide bonds. The summed E-state index contributed by atoms with van der Waals surface area (Å²) in [4.78, 5) is 17.4. The van der Waals surface area contributed by atoms with Crippen molar-refractivity contribution in [2.45, 2.75) is 26.8 Å². The first-order valence-electron chi connectivity index (χ1n) is 8.05. The molecular weight excluding hydrogens is 319 g/mol. The lowest BCUT2D eigenvalue weighted by Crippen LogP contribution is -2.28. The van der Waals surface area contributed by atoms with Crippen LogP contribution in [0.5, 0.6) is 0 Å². The van der Waals surface area contributed by atoms with E-state index in [1.807, 2.05) is 19.9 Å². The van der Waals surface area contributed by atoms with Crippen LogP contribution < -0.4 is 5.49 Å². The number of hydrogen-bond acceptors (Lipinski definition) is 3. The van der Waals surface area contributed by atoms with E-state index in [1.54, 1.807) is 43.5 Å². The Kier molecular flexibility index (Phi) is 4.61. The van der Waals surface area contributed by atoms with Crippen LogP contribution in [0.25, 0.3) is 5.69 Å². The number of halogens is 1. The third-order valence-corrected chi connectivity index (χ3v) is 3.77. The zero-order chi connectivity index (χ0) is 18.0. The van der Waals surface area contributed by atoms with Crippen LogP contribution in [0, 0.1) is 12.7 Å². The van der Waals surface area contributed by atoms with Crippen LogP contribution >= 0.6 is 0 Å². The molecule has 3 rings (SSSR count). The lowest BCUT2D eigenvalue weighted by Gasteiger charge is -2.08. The second-order valence-corrected chi connectivity index (χ2v) is 5.96. The Bertz CT molecular complexity index is 985.